The van der Waals surface area contributed by atoms with Gasteiger partial charge in [-0.25, -0.2) is 4.39 Å². The predicted molar refractivity (Wildman–Crippen MR) is 76.4 cm³/mol. The van der Waals surface area contributed by atoms with E-state index in [0.717, 1.165) is 5.56 Å². The zero-order chi connectivity index (χ0) is 15.4. The molecular weight excluding hydrogens is 275 g/mol. The second kappa shape index (κ2) is 6.32. The Balaban J connectivity index is 2.04. The second-order valence-corrected chi connectivity index (χ2v) is 4.76. The van der Waals surface area contributed by atoms with Crippen LogP contribution >= 0.6 is 0 Å². The van der Waals surface area contributed by atoms with Gasteiger partial charge in [-0.3, -0.25) is 10.1 Å². The van der Waals surface area contributed by atoms with Crippen molar-refractivity contribution in [3.05, 3.63) is 69.0 Å². The lowest BCUT2D eigenvalue weighted by molar-refractivity contribution is -0.385. The van der Waals surface area contributed by atoms with Gasteiger partial charge in [0.1, 0.15) is 11.6 Å². The molecule has 2 N–H and O–H groups in total. The zero-order valence-electron chi connectivity index (χ0n) is 11.5. The number of aromatic hydroxyl groups is 1. The van der Waals surface area contributed by atoms with E-state index in [-0.39, 0.29) is 23.8 Å². The Morgan fingerprint density at radius 1 is 1.24 bits per heavy atom. The summed E-state index contributed by atoms with van der Waals surface area (Å²) in [5.74, 6) is -0.309. The van der Waals surface area contributed by atoms with Gasteiger partial charge in [0.2, 0.25) is 0 Å². The molecule has 0 amide bonds. The Morgan fingerprint density at radius 2 is 2.00 bits per heavy atom. The fourth-order valence-corrected chi connectivity index (χ4v) is 1.98. The molecule has 0 spiro atoms. The van der Waals surface area contributed by atoms with Crippen LogP contribution in [0.4, 0.5) is 10.1 Å². The van der Waals surface area contributed by atoms with E-state index in [0.29, 0.717) is 17.7 Å². The Kier molecular flexibility index (Phi) is 4.49. The van der Waals surface area contributed by atoms with Gasteiger partial charge in [0.05, 0.1) is 4.92 Å². The molecule has 0 aromatic heterocycles. The molecule has 0 aliphatic carbocycles. The van der Waals surface area contributed by atoms with Crippen molar-refractivity contribution in [1.29, 1.82) is 0 Å². The van der Waals surface area contributed by atoms with Crippen molar-refractivity contribution < 1.29 is 14.4 Å². The summed E-state index contributed by atoms with van der Waals surface area (Å²) in [6, 6.07) is 8.79. The molecule has 0 radical (unpaired) electrons. The Labute approximate surface area is 121 Å². The molecule has 6 heteroatoms. The van der Waals surface area contributed by atoms with Crippen LogP contribution in [0.3, 0.4) is 0 Å². The molecule has 0 saturated heterocycles. The van der Waals surface area contributed by atoms with Crippen LogP contribution in [0.2, 0.25) is 0 Å². The highest BCUT2D eigenvalue weighted by Gasteiger charge is 2.13. The number of nitro groups is 1. The predicted octanol–water partition coefficient (Wildman–Crippen LogP) is 3.04. The van der Waals surface area contributed by atoms with Crippen LogP contribution in [-0.4, -0.2) is 10.0 Å². The third kappa shape index (κ3) is 3.76. The molecule has 2 aromatic rings. The molecule has 5 nitrogen and oxygen atoms in total. The van der Waals surface area contributed by atoms with Crippen molar-refractivity contribution in [2.75, 3.05) is 0 Å². The third-order valence-electron chi connectivity index (χ3n) is 3.14. The number of phenols is 1. The van der Waals surface area contributed by atoms with Gasteiger partial charge in [0, 0.05) is 24.7 Å². The molecule has 0 aliphatic rings. The quantitative estimate of drug-likeness (QED) is 0.655. The van der Waals surface area contributed by atoms with E-state index in [9.17, 15) is 19.6 Å². The fourth-order valence-electron chi connectivity index (χ4n) is 1.98. The number of halogens is 1. The van der Waals surface area contributed by atoms with Crippen molar-refractivity contribution >= 4 is 5.69 Å². The molecule has 0 fully saturated rings. The summed E-state index contributed by atoms with van der Waals surface area (Å²) >= 11 is 0. The molecule has 2 aromatic carbocycles. The van der Waals surface area contributed by atoms with E-state index >= 15 is 0 Å². The average molecular weight is 290 g/mol. The topological polar surface area (TPSA) is 75.4 Å². The Morgan fingerprint density at radius 3 is 2.67 bits per heavy atom. The summed E-state index contributed by atoms with van der Waals surface area (Å²) in [7, 11) is 0. The van der Waals surface area contributed by atoms with Gasteiger partial charge in [0.25, 0.3) is 5.69 Å². The highest BCUT2D eigenvalue weighted by Crippen LogP contribution is 2.23. The summed E-state index contributed by atoms with van der Waals surface area (Å²) in [6.07, 6.45) is 0. The van der Waals surface area contributed by atoms with Gasteiger partial charge >= 0.3 is 0 Å². The molecule has 0 bridgehead atoms. The molecule has 2 rings (SSSR count). The number of hydrogen-bond acceptors (Lipinski definition) is 4. The molecule has 0 saturated carbocycles. The minimum Gasteiger partial charge on any atom is -0.508 e. The molecule has 0 unspecified atom stereocenters. The largest absolute Gasteiger partial charge is 0.508 e. The van der Waals surface area contributed by atoms with Crippen LogP contribution in [0.25, 0.3) is 0 Å². The SMILES string of the molecule is Cc1ccc(CNCc2cc(O)ccc2[N+](=O)[O-])cc1F. The van der Waals surface area contributed by atoms with Crippen LogP contribution in [0.1, 0.15) is 16.7 Å². The third-order valence-corrected chi connectivity index (χ3v) is 3.14. The monoisotopic (exact) mass is 290 g/mol. The van der Waals surface area contributed by atoms with E-state index in [1.54, 1.807) is 19.1 Å². The van der Waals surface area contributed by atoms with Crippen molar-refractivity contribution in [2.45, 2.75) is 20.0 Å². The highest BCUT2D eigenvalue weighted by atomic mass is 19.1. The Bertz CT molecular complexity index is 674. The van der Waals surface area contributed by atoms with Crippen LogP contribution in [0, 0.1) is 22.9 Å². The Hall–Kier alpha value is -2.47. The number of nitrogens with zero attached hydrogens (tertiary/aromatic N) is 1. The highest BCUT2D eigenvalue weighted by molar-refractivity contribution is 5.44. The zero-order valence-corrected chi connectivity index (χ0v) is 11.5. The van der Waals surface area contributed by atoms with Crippen LogP contribution in [-0.2, 0) is 13.1 Å². The number of aryl methyl sites for hydroxylation is 1. The van der Waals surface area contributed by atoms with E-state index in [4.69, 9.17) is 0 Å². The molecule has 21 heavy (non-hydrogen) atoms. The fraction of sp³-hybridized carbons (Fsp3) is 0.200. The smallest absolute Gasteiger partial charge is 0.274 e. The summed E-state index contributed by atoms with van der Waals surface area (Å²) in [6.45, 7) is 2.27. The lowest BCUT2D eigenvalue weighted by atomic mass is 10.1. The van der Waals surface area contributed by atoms with Gasteiger partial charge in [-0.2, -0.15) is 0 Å². The van der Waals surface area contributed by atoms with Gasteiger partial charge in [0.15, 0.2) is 0 Å². The molecular formula is C15H15FN2O3. The van der Waals surface area contributed by atoms with Gasteiger partial charge in [-0.1, -0.05) is 12.1 Å². The number of phenolic OH excluding ortho intramolecular Hbond substituents is 1. The minimum atomic E-state index is -0.498. The summed E-state index contributed by atoms with van der Waals surface area (Å²) in [5.41, 5.74) is 1.64. The molecule has 0 heterocycles. The van der Waals surface area contributed by atoms with Crippen LogP contribution in [0.15, 0.2) is 36.4 Å². The van der Waals surface area contributed by atoms with Crippen molar-refractivity contribution in [2.24, 2.45) is 0 Å². The van der Waals surface area contributed by atoms with Crippen molar-refractivity contribution in [1.82, 2.24) is 5.32 Å². The summed E-state index contributed by atoms with van der Waals surface area (Å²) in [4.78, 5) is 10.4. The number of benzene rings is 2. The standard InChI is InChI=1S/C15H15FN2O3/c1-10-2-3-11(6-14(10)16)8-17-9-12-7-13(19)4-5-15(12)18(20)21/h2-7,17,19H,8-9H2,1H3. The first-order valence-electron chi connectivity index (χ1n) is 6.39. The van der Waals surface area contributed by atoms with E-state index in [1.165, 1.54) is 24.3 Å². The summed E-state index contributed by atoms with van der Waals surface area (Å²) in [5, 5.41) is 23.3. The maximum atomic E-state index is 13.4. The van der Waals surface area contributed by atoms with E-state index < -0.39 is 4.92 Å². The van der Waals surface area contributed by atoms with Crippen molar-refractivity contribution in [3.8, 4) is 5.75 Å². The minimum absolute atomic E-state index is 0.0289. The first-order valence-corrected chi connectivity index (χ1v) is 6.39. The normalized spacial score (nSPS) is 10.6. The lowest BCUT2D eigenvalue weighted by Crippen LogP contribution is -2.14. The number of rotatable bonds is 5. The maximum absolute atomic E-state index is 13.4. The van der Waals surface area contributed by atoms with E-state index in [2.05, 4.69) is 5.32 Å². The molecule has 110 valence electrons. The van der Waals surface area contributed by atoms with Gasteiger partial charge < -0.3 is 10.4 Å². The lowest BCUT2D eigenvalue weighted by Gasteiger charge is -2.07. The first-order chi connectivity index (χ1) is 9.97. The maximum Gasteiger partial charge on any atom is 0.274 e. The summed E-state index contributed by atoms with van der Waals surface area (Å²) < 4.78 is 13.4. The first kappa shape index (κ1) is 14.9. The second-order valence-electron chi connectivity index (χ2n) is 4.76. The number of hydrogen-bond donors (Lipinski definition) is 2. The molecule has 0 aliphatic heterocycles. The van der Waals surface area contributed by atoms with Gasteiger partial charge in [-0.05, 0) is 36.2 Å². The van der Waals surface area contributed by atoms with Crippen LogP contribution < -0.4 is 5.32 Å². The van der Waals surface area contributed by atoms with Gasteiger partial charge in [-0.15, -0.1) is 0 Å². The number of nitrogens with one attached hydrogen (secondary N) is 1. The number of nitro benzene ring substituents is 1. The average Bonchev–Trinajstić information content (AvgIpc) is 2.42. The molecule has 0 atom stereocenters. The van der Waals surface area contributed by atoms with Crippen molar-refractivity contribution in [3.63, 3.8) is 0 Å². The van der Waals surface area contributed by atoms with E-state index in [1.807, 2.05) is 0 Å². The van der Waals surface area contributed by atoms with Crippen LogP contribution in [0.5, 0.6) is 5.75 Å².